The Morgan fingerprint density at radius 3 is 2.52 bits per heavy atom. The Morgan fingerprint density at radius 1 is 1.33 bits per heavy atom. The van der Waals surface area contributed by atoms with Gasteiger partial charge in [-0.25, -0.2) is 4.98 Å². The van der Waals surface area contributed by atoms with Crippen LogP contribution in [0, 0.1) is 12.8 Å². The van der Waals surface area contributed by atoms with Gasteiger partial charge in [-0.2, -0.15) is 13.2 Å². The van der Waals surface area contributed by atoms with Crippen LogP contribution in [-0.2, 0) is 6.54 Å². The number of anilines is 1. The normalized spacial score (nSPS) is 17.3. The maximum absolute atomic E-state index is 12.7. The fourth-order valence-corrected chi connectivity index (χ4v) is 2.74. The Morgan fingerprint density at radius 2 is 2.00 bits per heavy atom. The van der Waals surface area contributed by atoms with Gasteiger partial charge in [-0.1, -0.05) is 6.92 Å². The van der Waals surface area contributed by atoms with Crippen LogP contribution in [0.1, 0.15) is 30.9 Å². The van der Waals surface area contributed by atoms with E-state index in [4.69, 9.17) is 0 Å². The number of hydrogen-bond acceptors (Lipinski definition) is 3. The molecule has 3 nitrogen and oxygen atoms in total. The van der Waals surface area contributed by atoms with Crippen LogP contribution in [0.5, 0.6) is 0 Å². The number of rotatable bonds is 4. The third-order valence-electron chi connectivity index (χ3n) is 3.94. The van der Waals surface area contributed by atoms with E-state index in [2.05, 4.69) is 16.4 Å². The van der Waals surface area contributed by atoms with Crippen molar-refractivity contribution in [2.75, 3.05) is 24.5 Å². The molecule has 1 aliphatic heterocycles. The van der Waals surface area contributed by atoms with Crippen molar-refractivity contribution in [2.24, 2.45) is 5.92 Å². The third kappa shape index (κ3) is 4.09. The molecule has 0 saturated carbocycles. The van der Waals surface area contributed by atoms with Crippen LogP contribution >= 0.6 is 0 Å². The largest absolute Gasteiger partial charge is 0.391 e. The van der Waals surface area contributed by atoms with Crippen molar-refractivity contribution in [3.05, 3.63) is 23.4 Å². The lowest BCUT2D eigenvalue weighted by atomic mass is 9.96. The zero-order chi connectivity index (χ0) is 15.5. The van der Waals surface area contributed by atoms with Crippen molar-refractivity contribution in [1.82, 2.24) is 10.3 Å². The van der Waals surface area contributed by atoms with Gasteiger partial charge in [0.2, 0.25) is 0 Å². The molecule has 1 aromatic heterocycles. The predicted octanol–water partition coefficient (Wildman–Crippen LogP) is 3.28. The summed E-state index contributed by atoms with van der Waals surface area (Å²) in [4.78, 5) is 6.41. The average molecular weight is 301 g/mol. The van der Waals surface area contributed by atoms with Gasteiger partial charge in [-0.3, -0.25) is 0 Å². The lowest BCUT2D eigenvalue weighted by molar-refractivity contribution is -0.179. The summed E-state index contributed by atoms with van der Waals surface area (Å²) < 4.78 is 38.0. The number of nitrogens with one attached hydrogen (secondary N) is 1. The van der Waals surface area contributed by atoms with Crippen molar-refractivity contribution in [2.45, 2.75) is 39.4 Å². The second-order valence-corrected chi connectivity index (χ2v) is 5.57. The van der Waals surface area contributed by atoms with E-state index in [0.717, 1.165) is 30.0 Å². The van der Waals surface area contributed by atoms with E-state index in [-0.39, 0.29) is 12.8 Å². The minimum atomic E-state index is -4.07. The number of nitrogens with zero attached hydrogens (tertiary/aromatic N) is 2. The molecule has 21 heavy (non-hydrogen) atoms. The van der Waals surface area contributed by atoms with Crippen LogP contribution in [0.4, 0.5) is 19.0 Å². The SMILES string of the molecule is CCNCc1cnc(N2CCC(C(F)(F)F)CC2)c(C)c1. The van der Waals surface area contributed by atoms with Gasteiger partial charge in [0, 0.05) is 25.8 Å². The van der Waals surface area contributed by atoms with E-state index in [9.17, 15) is 13.2 Å². The molecule has 0 spiro atoms. The molecule has 0 aliphatic carbocycles. The van der Waals surface area contributed by atoms with Gasteiger partial charge >= 0.3 is 6.18 Å². The van der Waals surface area contributed by atoms with E-state index >= 15 is 0 Å². The summed E-state index contributed by atoms with van der Waals surface area (Å²) in [6.45, 7) is 6.51. The number of hydrogen-bond donors (Lipinski definition) is 1. The zero-order valence-electron chi connectivity index (χ0n) is 12.5. The van der Waals surface area contributed by atoms with Crippen LogP contribution in [0.2, 0.25) is 0 Å². The molecule has 1 N–H and O–H groups in total. The van der Waals surface area contributed by atoms with E-state index in [0.29, 0.717) is 13.1 Å². The first-order valence-corrected chi connectivity index (χ1v) is 7.39. The molecular formula is C15H22F3N3. The molecule has 0 amide bonds. The number of pyridine rings is 1. The van der Waals surface area contributed by atoms with E-state index in [1.54, 1.807) is 6.20 Å². The molecule has 1 fully saturated rings. The maximum atomic E-state index is 12.7. The lowest BCUT2D eigenvalue weighted by Crippen LogP contribution is -2.39. The summed E-state index contributed by atoms with van der Waals surface area (Å²) in [5.41, 5.74) is 2.12. The molecule has 1 aromatic rings. The van der Waals surface area contributed by atoms with Gasteiger partial charge in [-0.15, -0.1) is 0 Å². The van der Waals surface area contributed by atoms with E-state index < -0.39 is 12.1 Å². The highest BCUT2D eigenvalue weighted by Crippen LogP contribution is 2.35. The van der Waals surface area contributed by atoms with Crippen molar-refractivity contribution >= 4 is 5.82 Å². The predicted molar refractivity (Wildman–Crippen MR) is 77.3 cm³/mol. The van der Waals surface area contributed by atoms with Gasteiger partial charge in [0.15, 0.2) is 0 Å². The molecule has 1 aliphatic rings. The van der Waals surface area contributed by atoms with Crippen LogP contribution < -0.4 is 10.2 Å². The molecule has 0 radical (unpaired) electrons. The second kappa shape index (κ2) is 6.64. The maximum Gasteiger partial charge on any atom is 0.391 e. The third-order valence-corrected chi connectivity index (χ3v) is 3.94. The monoisotopic (exact) mass is 301 g/mol. The van der Waals surface area contributed by atoms with Gasteiger partial charge in [0.05, 0.1) is 5.92 Å². The zero-order valence-corrected chi connectivity index (χ0v) is 12.5. The molecule has 118 valence electrons. The molecule has 2 heterocycles. The Labute approximate surface area is 123 Å². The average Bonchev–Trinajstić information content (AvgIpc) is 2.44. The number of aromatic nitrogens is 1. The highest BCUT2D eigenvalue weighted by Gasteiger charge is 2.41. The van der Waals surface area contributed by atoms with Crippen LogP contribution in [0.25, 0.3) is 0 Å². The highest BCUT2D eigenvalue weighted by molar-refractivity contribution is 5.47. The lowest BCUT2D eigenvalue weighted by Gasteiger charge is -2.34. The molecule has 2 rings (SSSR count). The standard InChI is InChI=1S/C15H22F3N3/c1-3-19-9-12-8-11(2)14(20-10-12)21-6-4-13(5-7-21)15(16,17)18/h8,10,13,19H,3-7,9H2,1-2H3. The Hall–Kier alpha value is -1.30. The summed E-state index contributed by atoms with van der Waals surface area (Å²) in [5.74, 6) is -0.349. The second-order valence-electron chi connectivity index (χ2n) is 5.57. The Balaban J connectivity index is 2.00. The van der Waals surface area contributed by atoms with Gasteiger partial charge in [0.25, 0.3) is 0 Å². The summed E-state index contributed by atoms with van der Waals surface area (Å²) in [6, 6.07) is 2.06. The first-order valence-electron chi connectivity index (χ1n) is 7.39. The van der Waals surface area contributed by atoms with Crippen molar-refractivity contribution < 1.29 is 13.2 Å². The molecule has 0 atom stereocenters. The number of alkyl halides is 3. The van der Waals surface area contributed by atoms with Crippen LogP contribution in [0.3, 0.4) is 0 Å². The Bertz CT molecular complexity index is 466. The van der Waals surface area contributed by atoms with Crippen LogP contribution in [0.15, 0.2) is 12.3 Å². The summed E-state index contributed by atoms with van der Waals surface area (Å²) in [7, 11) is 0. The Kier molecular flexibility index (Phi) is 5.08. The fraction of sp³-hybridized carbons (Fsp3) is 0.667. The molecule has 0 unspecified atom stereocenters. The molecule has 6 heteroatoms. The quantitative estimate of drug-likeness (QED) is 0.925. The molecule has 0 bridgehead atoms. The molecule has 0 aromatic carbocycles. The minimum Gasteiger partial charge on any atom is -0.356 e. The van der Waals surface area contributed by atoms with Gasteiger partial charge < -0.3 is 10.2 Å². The molecule has 1 saturated heterocycles. The summed E-state index contributed by atoms with van der Waals surface area (Å²) >= 11 is 0. The van der Waals surface area contributed by atoms with Crippen LogP contribution in [-0.4, -0.2) is 30.8 Å². The van der Waals surface area contributed by atoms with E-state index in [1.165, 1.54) is 0 Å². The molecular weight excluding hydrogens is 279 g/mol. The van der Waals surface area contributed by atoms with E-state index in [1.807, 2.05) is 18.7 Å². The number of piperidine rings is 1. The minimum absolute atomic E-state index is 0.157. The van der Waals surface area contributed by atoms with Crippen molar-refractivity contribution in [1.29, 1.82) is 0 Å². The summed E-state index contributed by atoms with van der Waals surface area (Å²) in [6.07, 6.45) is -1.95. The number of aryl methyl sites for hydroxylation is 1. The first-order chi connectivity index (χ1) is 9.91. The highest BCUT2D eigenvalue weighted by atomic mass is 19.4. The van der Waals surface area contributed by atoms with Gasteiger partial charge in [-0.05, 0) is 43.5 Å². The fourth-order valence-electron chi connectivity index (χ4n) is 2.74. The number of halogens is 3. The van der Waals surface area contributed by atoms with Gasteiger partial charge in [0.1, 0.15) is 5.82 Å². The smallest absolute Gasteiger partial charge is 0.356 e. The summed E-state index contributed by atoms with van der Waals surface area (Å²) in [5, 5.41) is 3.23. The first kappa shape index (κ1) is 16.1. The van der Waals surface area contributed by atoms with Crippen molar-refractivity contribution in [3.8, 4) is 0 Å². The van der Waals surface area contributed by atoms with Crippen molar-refractivity contribution in [3.63, 3.8) is 0 Å². The topological polar surface area (TPSA) is 28.2 Å².